The molecule has 0 fully saturated rings. The fourth-order valence-electron chi connectivity index (χ4n) is 2.92. The molecule has 1 aromatic rings. The van der Waals surface area contributed by atoms with Crippen LogP contribution in [0.5, 0.6) is 0 Å². The molecule has 0 aliphatic carbocycles. The van der Waals surface area contributed by atoms with E-state index < -0.39 is 18.1 Å². The number of hydrogen-bond acceptors (Lipinski definition) is 3. The molecule has 0 bridgehead atoms. The first-order valence-electron chi connectivity index (χ1n) is 7.61. The highest BCUT2D eigenvalue weighted by molar-refractivity contribution is 6.02. The van der Waals surface area contributed by atoms with Gasteiger partial charge in [-0.2, -0.15) is 0 Å². The largest absolute Gasteiger partial charge is 0.357 e. The zero-order chi connectivity index (χ0) is 17.1. The average molecular weight is 318 g/mol. The number of fused-ring (bicyclic) bond motifs is 1. The lowest BCUT2D eigenvalue weighted by Crippen LogP contribution is -2.55. The molecule has 7 heteroatoms. The second-order valence-corrected chi connectivity index (χ2v) is 5.67. The highest BCUT2D eigenvalue weighted by atomic mass is 16.2. The molecule has 3 unspecified atom stereocenters. The number of primary amides is 1. The Morgan fingerprint density at radius 1 is 1.39 bits per heavy atom. The van der Waals surface area contributed by atoms with Crippen molar-refractivity contribution in [3.63, 3.8) is 0 Å². The molecule has 23 heavy (non-hydrogen) atoms. The van der Waals surface area contributed by atoms with Crippen molar-refractivity contribution >= 4 is 23.5 Å². The van der Waals surface area contributed by atoms with Gasteiger partial charge in [-0.1, -0.05) is 38.5 Å². The Bertz CT molecular complexity index is 632. The van der Waals surface area contributed by atoms with Gasteiger partial charge in [-0.3, -0.25) is 14.5 Å². The molecule has 0 spiro atoms. The van der Waals surface area contributed by atoms with E-state index in [1.54, 1.807) is 24.3 Å². The van der Waals surface area contributed by atoms with Crippen molar-refractivity contribution in [1.82, 2.24) is 10.2 Å². The van der Waals surface area contributed by atoms with Gasteiger partial charge in [0.2, 0.25) is 11.8 Å². The van der Waals surface area contributed by atoms with Gasteiger partial charge < -0.3 is 16.4 Å². The van der Waals surface area contributed by atoms with E-state index in [9.17, 15) is 14.4 Å². The number of anilines is 1. The normalized spacial score (nSPS) is 21.7. The number of rotatable bonds is 3. The predicted molar refractivity (Wildman–Crippen MR) is 86.5 cm³/mol. The lowest BCUT2D eigenvalue weighted by molar-refractivity contribution is -0.129. The molecule has 4 N–H and O–H groups in total. The second-order valence-electron chi connectivity index (χ2n) is 5.67. The van der Waals surface area contributed by atoms with Gasteiger partial charge in [0.1, 0.15) is 12.1 Å². The third-order valence-corrected chi connectivity index (χ3v) is 4.29. The summed E-state index contributed by atoms with van der Waals surface area (Å²) in [6, 6.07) is 4.38. The number of carbonyl (C=O) groups is 3. The van der Waals surface area contributed by atoms with Crippen LogP contribution in [0, 0.1) is 5.92 Å². The van der Waals surface area contributed by atoms with Gasteiger partial charge in [0.05, 0.1) is 0 Å². The minimum atomic E-state index is -0.952. The number of benzene rings is 1. The number of nitrogens with two attached hydrogens (primary N) is 1. The molecule has 1 aliphatic heterocycles. The van der Waals surface area contributed by atoms with E-state index in [0.29, 0.717) is 17.7 Å². The number of carbonyl (C=O) groups excluding carboxylic acids is 3. The summed E-state index contributed by atoms with van der Waals surface area (Å²) in [5, 5.41) is 5.37. The molecule has 7 nitrogen and oxygen atoms in total. The monoisotopic (exact) mass is 318 g/mol. The van der Waals surface area contributed by atoms with Crippen LogP contribution in [0.25, 0.3) is 0 Å². The van der Waals surface area contributed by atoms with Crippen LogP contribution in [0.4, 0.5) is 10.5 Å². The zero-order valence-electron chi connectivity index (χ0n) is 13.5. The maximum Gasteiger partial charge on any atom is 0.316 e. The van der Waals surface area contributed by atoms with Gasteiger partial charge in [-0.05, 0) is 12.0 Å². The van der Waals surface area contributed by atoms with Crippen molar-refractivity contribution in [2.24, 2.45) is 11.7 Å². The van der Waals surface area contributed by atoms with Gasteiger partial charge in [0.25, 0.3) is 0 Å². The highest BCUT2D eigenvalue weighted by Gasteiger charge is 2.44. The van der Waals surface area contributed by atoms with Crippen molar-refractivity contribution in [1.29, 1.82) is 0 Å². The number of urea groups is 1. The summed E-state index contributed by atoms with van der Waals surface area (Å²) in [6.07, 6.45) is 0.665. The summed E-state index contributed by atoms with van der Waals surface area (Å²) in [7, 11) is 1.49. The molecule has 4 amide bonds. The third kappa shape index (κ3) is 2.99. The van der Waals surface area contributed by atoms with E-state index in [0.717, 1.165) is 0 Å². The Hall–Kier alpha value is -2.57. The number of amides is 4. The van der Waals surface area contributed by atoms with Crippen molar-refractivity contribution in [2.75, 3.05) is 12.4 Å². The third-order valence-electron chi connectivity index (χ3n) is 4.29. The minimum absolute atomic E-state index is 0.149. The predicted octanol–water partition coefficient (Wildman–Crippen LogP) is 1.22. The molecule has 1 aliphatic rings. The van der Waals surface area contributed by atoms with Crippen LogP contribution < -0.4 is 16.4 Å². The topological polar surface area (TPSA) is 105 Å². The first-order valence-corrected chi connectivity index (χ1v) is 7.61. The SMILES string of the molecule is CCC(C)C1C(=O)Nc2ccccc2C(C(=O)NC)N1C(N)=O. The maximum absolute atomic E-state index is 12.7. The molecule has 1 heterocycles. The molecule has 0 aromatic heterocycles. The molecule has 3 atom stereocenters. The zero-order valence-corrected chi connectivity index (χ0v) is 13.5. The van der Waals surface area contributed by atoms with E-state index in [4.69, 9.17) is 5.73 Å². The van der Waals surface area contributed by atoms with E-state index in [1.807, 2.05) is 13.8 Å². The van der Waals surface area contributed by atoms with Crippen molar-refractivity contribution in [3.05, 3.63) is 29.8 Å². The van der Waals surface area contributed by atoms with Crippen LogP contribution in [0.1, 0.15) is 31.9 Å². The van der Waals surface area contributed by atoms with Crippen LogP contribution in [-0.2, 0) is 9.59 Å². The lowest BCUT2D eigenvalue weighted by Gasteiger charge is -2.35. The number of likely N-dealkylation sites (N-methyl/N-ethyl adjacent to an activating group) is 1. The summed E-state index contributed by atoms with van der Waals surface area (Å²) < 4.78 is 0. The van der Waals surface area contributed by atoms with Crippen LogP contribution in [0.2, 0.25) is 0 Å². The molecular weight excluding hydrogens is 296 g/mol. The minimum Gasteiger partial charge on any atom is -0.357 e. The van der Waals surface area contributed by atoms with Crippen LogP contribution >= 0.6 is 0 Å². The first kappa shape index (κ1) is 16.8. The summed E-state index contributed by atoms with van der Waals surface area (Å²) >= 11 is 0. The molecule has 0 saturated heterocycles. The van der Waals surface area contributed by atoms with Gasteiger partial charge in [-0.15, -0.1) is 0 Å². The molecule has 0 saturated carbocycles. The Labute approximate surface area is 135 Å². The highest BCUT2D eigenvalue weighted by Crippen LogP contribution is 2.35. The fraction of sp³-hybridized carbons (Fsp3) is 0.438. The Balaban J connectivity index is 2.67. The van der Waals surface area contributed by atoms with Gasteiger partial charge in [0, 0.05) is 18.3 Å². The lowest BCUT2D eigenvalue weighted by atomic mass is 9.94. The standard InChI is InChI=1S/C16H22N4O3/c1-4-9(2)12-15(22)19-11-8-6-5-7-10(11)13(14(21)18-3)20(12)16(17)23/h5-9,12-13H,4H2,1-3H3,(H2,17,23)(H,18,21)(H,19,22). The molecule has 2 rings (SSSR count). The van der Waals surface area contributed by atoms with Crippen LogP contribution in [0.15, 0.2) is 24.3 Å². The molecule has 1 aromatic carbocycles. The summed E-state index contributed by atoms with van der Waals surface area (Å²) in [5.74, 6) is -0.873. The van der Waals surface area contributed by atoms with Crippen molar-refractivity contribution < 1.29 is 14.4 Å². The number of nitrogens with one attached hydrogen (secondary N) is 2. The van der Waals surface area contributed by atoms with E-state index in [2.05, 4.69) is 10.6 Å². The summed E-state index contributed by atoms with van der Waals surface area (Å²) in [5.41, 5.74) is 6.61. The van der Waals surface area contributed by atoms with Gasteiger partial charge in [0.15, 0.2) is 0 Å². The van der Waals surface area contributed by atoms with Gasteiger partial charge >= 0.3 is 6.03 Å². The average Bonchev–Trinajstić information content (AvgIpc) is 2.67. The number of para-hydroxylation sites is 1. The Morgan fingerprint density at radius 3 is 2.61 bits per heavy atom. The second kappa shape index (κ2) is 6.68. The van der Waals surface area contributed by atoms with Crippen LogP contribution in [0.3, 0.4) is 0 Å². The Kier molecular flexibility index (Phi) is 4.88. The van der Waals surface area contributed by atoms with Crippen molar-refractivity contribution in [2.45, 2.75) is 32.4 Å². The number of hydrogen-bond donors (Lipinski definition) is 3. The van der Waals surface area contributed by atoms with E-state index in [1.165, 1.54) is 11.9 Å². The maximum atomic E-state index is 12.7. The first-order chi connectivity index (χ1) is 10.9. The van der Waals surface area contributed by atoms with Crippen molar-refractivity contribution in [3.8, 4) is 0 Å². The molecule has 124 valence electrons. The number of nitrogens with zero attached hydrogens (tertiary/aromatic N) is 1. The molecular formula is C16H22N4O3. The quantitative estimate of drug-likeness (QED) is 0.780. The van der Waals surface area contributed by atoms with Gasteiger partial charge in [-0.25, -0.2) is 4.79 Å². The smallest absolute Gasteiger partial charge is 0.316 e. The Morgan fingerprint density at radius 2 is 2.04 bits per heavy atom. The van der Waals surface area contributed by atoms with E-state index in [-0.39, 0.29) is 17.7 Å². The fourth-order valence-corrected chi connectivity index (χ4v) is 2.92. The summed E-state index contributed by atoms with van der Waals surface area (Å²) in [6.45, 7) is 3.78. The van der Waals surface area contributed by atoms with Crippen LogP contribution in [-0.4, -0.2) is 35.8 Å². The summed E-state index contributed by atoms with van der Waals surface area (Å²) in [4.78, 5) is 38.4. The molecule has 0 radical (unpaired) electrons. The van der Waals surface area contributed by atoms with E-state index >= 15 is 0 Å².